The van der Waals surface area contributed by atoms with Crippen LogP contribution in [0.2, 0.25) is 5.02 Å². The molecule has 3 N–H and O–H groups in total. The Hall–Kier alpha value is -3.17. The van der Waals surface area contributed by atoms with Gasteiger partial charge in [-0.2, -0.15) is 5.26 Å². The molecule has 2 heterocycles. The van der Waals surface area contributed by atoms with E-state index in [1.807, 2.05) is 30.3 Å². The highest BCUT2D eigenvalue weighted by Crippen LogP contribution is 2.47. The number of rotatable bonds is 6. The summed E-state index contributed by atoms with van der Waals surface area (Å²) in [6, 6.07) is 16.7. The zero-order valence-electron chi connectivity index (χ0n) is 19.8. The number of carbonyl (C=O) groups excluding carboxylic acids is 2. The number of nitrogens with two attached hydrogens (primary N) is 1. The van der Waals surface area contributed by atoms with E-state index in [-0.39, 0.29) is 28.8 Å². The van der Waals surface area contributed by atoms with Crippen LogP contribution in [0.4, 0.5) is 10.8 Å². The first-order chi connectivity index (χ1) is 18.4. The van der Waals surface area contributed by atoms with Crippen LogP contribution in [0.5, 0.6) is 0 Å². The number of halogens is 2. The van der Waals surface area contributed by atoms with E-state index in [4.69, 9.17) is 17.3 Å². The second-order valence-electron chi connectivity index (χ2n) is 8.57. The number of nitrogens with zero attached hydrogens (tertiary/aromatic N) is 4. The first-order valence-corrected chi connectivity index (χ1v) is 14.6. The van der Waals surface area contributed by atoms with Gasteiger partial charge in [-0.05, 0) is 48.7 Å². The van der Waals surface area contributed by atoms with Gasteiger partial charge in [0.1, 0.15) is 5.82 Å². The van der Waals surface area contributed by atoms with Gasteiger partial charge in [0.25, 0.3) is 0 Å². The molecule has 1 unspecified atom stereocenters. The molecule has 0 radical (unpaired) electrons. The van der Waals surface area contributed by atoms with Crippen LogP contribution in [0.1, 0.15) is 30.7 Å². The smallest absolute Gasteiger partial charge is 0.234 e. The molecule has 1 aliphatic carbocycles. The number of amides is 1. The number of allylic oxidation sites excluding steroid dienone is 3. The van der Waals surface area contributed by atoms with Crippen molar-refractivity contribution in [2.45, 2.75) is 29.5 Å². The monoisotopic (exact) mass is 626 g/mol. The van der Waals surface area contributed by atoms with E-state index in [1.165, 1.54) is 23.1 Å². The Morgan fingerprint density at radius 3 is 2.84 bits per heavy atom. The van der Waals surface area contributed by atoms with Crippen LogP contribution in [0.3, 0.4) is 0 Å². The Morgan fingerprint density at radius 2 is 2.08 bits per heavy atom. The van der Waals surface area contributed by atoms with Crippen LogP contribution in [0.25, 0.3) is 0 Å². The number of nitrogens with one attached hydrogen (secondary N) is 1. The number of benzene rings is 2. The van der Waals surface area contributed by atoms with E-state index in [9.17, 15) is 14.9 Å². The Labute approximate surface area is 240 Å². The highest BCUT2D eigenvalue weighted by Gasteiger charge is 2.41. The molecule has 192 valence electrons. The van der Waals surface area contributed by atoms with Crippen molar-refractivity contribution in [2.75, 3.05) is 16.0 Å². The zero-order valence-corrected chi connectivity index (χ0v) is 23.8. The Morgan fingerprint density at radius 1 is 1.26 bits per heavy atom. The van der Waals surface area contributed by atoms with E-state index in [0.29, 0.717) is 45.0 Å². The summed E-state index contributed by atoms with van der Waals surface area (Å²) in [5, 5.41) is 22.5. The molecular formula is C26H20BrClN6O2S2. The molecule has 5 rings (SSSR count). The molecule has 8 nitrogen and oxygen atoms in total. The zero-order chi connectivity index (χ0) is 26.8. The van der Waals surface area contributed by atoms with Crippen molar-refractivity contribution in [3.05, 3.63) is 86.3 Å². The SMILES string of the molecule is N#CC1=C(N)N(c2nnc(SCC(=O)Nc3cccc(Br)c3)s2)C2=C(C(=O)CCC2)C1c1cccc(Cl)c1. The lowest BCUT2D eigenvalue weighted by Gasteiger charge is -2.38. The summed E-state index contributed by atoms with van der Waals surface area (Å²) in [6.07, 6.45) is 1.67. The van der Waals surface area contributed by atoms with Crippen LogP contribution in [-0.2, 0) is 9.59 Å². The molecule has 0 saturated carbocycles. The van der Waals surface area contributed by atoms with Crippen molar-refractivity contribution in [3.63, 3.8) is 0 Å². The fourth-order valence-corrected chi connectivity index (χ4v) is 6.84. The molecule has 3 aromatic rings. The fraction of sp³-hybridized carbons (Fsp3) is 0.192. The maximum Gasteiger partial charge on any atom is 0.234 e. The van der Waals surface area contributed by atoms with Gasteiger partial charge in [0.05, 0.1) is 23.3 Å². The second-order valence-corrected chi connectivity index (χ2v) is 12.1. The van der Waals surface area contributed by atoms with E-state index in [0.717, 1.165) is 15.7 Å². The normalized spacial score (nSPS) is 17.3. The number of hydrogen-bond acceptors (Lipinski definition) is 9. The van der Waals surface area contributed by atoms with E-state index in [2.05, 4.69) is 37.5 Å². The minimum Gasteiger partial charge on any atom is -0.384 e. The minimum absolute atomic E-state index is 0.0233. The third kappa shape index (κ3) is 5.35. The number of ketones is 1. The standard InChI is InChI=1S/C26H20BrClN6O2S2/c27-15-5-2-7-17(11-15)31-21(36)13-37-26-33-32-25(38-26)34-19-8-3-9-20(35)23(19)22(18(12-29)24(34)30)14-4-1-6-16(28)10-14/h1-2,4-7,10-11,22H,3,8-9,13,30H2,(H,31,36). The Bertz CT molecular complexity index is 1550. The highest BCUT2D eigenvalue weighted by atomic mass is 79.9. The van der Waals surface area contributed by atoms with Crippen molar-refractivity contribution >= 4 is 73.1 Å². The predicted molar refractivity (Wildman–Crippen MR) is 153 cm³/mol. The molecule has 1 atom stereocenters. The Balaban J connectivity index is 1.42. The summed E-state index contributed by atoms with van der Waals surface area (Å²) < 4.78 is 1.44. The predicted octanol–water partition coefficient (Wildman–Crippen LogP) is 5.99. The van der Waals surface area contributed by atoms with Gasteiger partial charge in [0.15, 0.2) is 10.1 Å². The number of thioether (sulfide) groups is 1. The number of aromatic nitrogens is 2. The van der Waals surface area contributed by atoms with Gasteiger partial charge in [0.2, 0.25) is 11.0 Å². The molecule has 0 saturated heterocycles. The molecule has 1 aromatic heterocycles. The number of nitriles is 1. The van der Waals surface area contributed by atoms with Gasteiger partial charge in [-0.15, -0.1) is 10.2 Å². The lowest BCUT2D eigenvalue weighted by Crippen LogP contribution is -2.38. The van der Waals surface area contributed by atoms with Crippen molar-refractivity contribution in [3.8, 4) is 6.07 Å². The second kappa shape index (κ2) is 11.3. The summed E-state index contributed by atoms with van der Waals surface area (Å²) in [5.41, 5.74) is 9.54. The lowest BCUT2D eigenvalue weighted by atomic mass is 9.76. The maximum atomic E-state index is 13.2. The molecule has 2 aromatic carbocycles. The minimum atomic E-state index is -0.596. The molecule has 0 bridgehead atoms. The molecule has 38 heavy (non-hydrogen) atoms. The topological polar surface area (TPSA) is 125 Å². The molecule has 0 spiro atoms. The first-order valence-electron chi connectivity index (χ1n) is 11.6. The van der Waals surface area contributed by atoms with E-state index in [1.54, 1.807) is 23.1 Å². The van der Waals surface area contributed by atoms with Crippen LogP contribution >= 0.6 is 50.6 Å². The summed E-state index contributed by atoms with van der Waals surface area (Å²) in [7, 11) is 0. The number of carbonyl (C=O) groups is 2. The lowest BCUT2D eigenvalue weighted by molar-refractivity contribution is -0.116. The van der Waals surface area contributed by atoms with Gasteiger partial charge in [-0.25, -0.2) is 0 Å². The van der Waals surface area contributed by atoms with Crippen LogP contribution in [-0.4, -0.2) is 27.6 Å². The number of Topliss-reactive ketones (excluding diaryl/α,β-unsaturated/α-hetero) is 1. The average Bonchev–Trinajstić information content (AvgIpc) is 3.35. The van der Waals surface area contributed by atoms with Gasteiger partial charge in [-0.1, -0.05) is 68.8 Å². The molecular weight excluding hydrogens is 608 g/mol. The molecule has 12 heteroatoms. The van der Waals surface area contributed by atoms with Gasteiger partial charge in [-0.3, -0.25) is 14.5 Å². The van der Waals surface area contributed by atoms with Crippen molar-refractivity contribution in [1.82, 2.24) is 10.2 Å². The van der Waals surface area contributed by atoms with Crippen LogP contribution in [0.15, 0.2) is 80.0 Å². The van der Waals surface area contributed by atoms with Gasteiger partial charge in [0, 0.05) is 32.9 Å². The summed E-state index contributed by atoms with van der Waals surface area (Å²) >= 11 is 12.1. The summed E-state index contributed by atoms with van der Waals surface area (Å²) in [4.78, 5) is 27.3. The average molecular weight is 628 g/mol. The van der Waals surface area contributed by atoms with Crippen molar-refractivity contribution in [1.29, 1.82) is 5.26 Å². The quantitative estimate of drug-likeness (QED) is 0.319. The largest absolute Gasteiger partial charge is 0.384 e. The molecule has 1 amide bonds. The van der Waals surface area contributed by atoms with Crippen LogP contribution in [0, 0.1) is 11.3 Å². The number of hydrogen-bond donors (Lipinski definition) is 2. The van der Waals surface area contributed by atoms with Gasteiger partial charge >= 0.3 is 0 Å². The third-order valence-electron chi connectivity index (χ3n) is 6.12. The molecule has 2 aliphatic rings. The molecule has 0 fully saturated rings. The molecule has 1 aliphatic heterocycles. The Kier molecular flexibility index (Phi) is 7.85. The van der Waals surface area contributed by atoms with Crippen molar-refractivity contribution < 1.29 is 9.59 Å². The highest BCUT2D eigenvalue weighted by molar-refractivity contribution is 9.10. The first kappa shape index (κ1) is 26.4. The summed E-state index contributed by atoms with van der Waals surface area (Å²) in [5.74, 6) is -0.447. The van der Waals surface area contributed by atoms with Crippen LogP contribution < -0.4 is 16.0 Å². The summed E-state index contributed by atoms with van der Waals surface area (Å²) in [6.45, 7) is 0. The van der Waals surface area contributed by atoms with Gasteiger partial charge < -0.3 is 11.1 Å². The fourth-order valence-electron chi connectivity index (χ4n) is 4.57. The van der Waals surface area contributed by atoms with Crippen molar-refractivity contribution in [2.24, 2.45) is 5.73 Å². The van der Waals surface area contributed by atoms with E-state index < -0.39 is 5.92 Å². The third-order valence-corrected chi connectivity index (χ3v) is 8.89. The maximum absolute atomic E-state index is 13.2. The number of anilines is 2. The van der Waals surface area contributed by atoms with E-state index >= 15 is 0 Å².